The van der Waals surface area contributed by atoms with Crippen LogP contribution < -0.4 is 15.0 Å². The standard InChI is InChI=1S/C20H28N4O3S/c1-6-7-8-11-27-15-10-9-14(12-16(15)26-5)13-21-24-18(25)17(20(2,3)4)22-23-19(24)28/h9-10,12-13H,6-8,11H2,1-5H3,(H,23,28)/b21-13-. The molecule has 1 aromatic carbocycles. The highest BCUT2D eigenvalue weighted by Gasteiger charge is 2.21. The minimum Gasteiger partial charge on any atom is -0.493 e. The first kappa shape index (κ1) is 21.8. The molecule has 1 heterocycles. The molecule has 0 saturated heterocycles. The number of rotatable bonds is 8. The van der Waals surface area contributed by atoms with Gasteiger partial charge in [0.15, 0.2) is 11.5 Å². The van der Waals surface area contributed by atoms with E-state index in [0.717, 1.165) is 29.5 Å². The van der Waals surface area contributed by atoms with E-state index in [1.54, 1.807) is 13.3 Å². The van der Waals surface area contributed by atoms with E-state index in [4.69, 9.17) is 21.7 Å². The first-order valence-electron chi connectivity index (χ1n) is 9.35. The van der Waals surface area contributed by atoms with E-state index in [2.05, 4.69) is 22.2 Å². The molecule has 0 aliphatic carbocycles. The fourth-order valence-electron chi connectivity index (χ4n) is 2.53. The number of ether oxygens (including phenoxy) is 2. The number of aromatic nitrogens is 3. The van der Waals surface area contributed by atoms with Crippen molar-refractivity contribution >= 4 is 18.4 Å². The van der Waals surface area contributed by atoms with E-state index < -0.39 is 5.41 Å². The monoisotopic (exact) mass is 404 g/mol. The Morgan fingerprint density at radius 2 is 2.04 bits per heavy atom. The first-order valence-corrected chi connectivity index (χ1v) is 9.76. The second-order valence-corrected chi connectivity index (χ2v) is 7.84. The van der Waals surface area contributed by atoms with E-state index in [1.807, 2.05) is 39.0 Å². The van der Waals surface area contributed by atoms with E-state index in [9.17, 15) is 4.79 Å². The molecule has 7 nitrogen and oxygen atoms in total. The van der Waals surface area contributed by atoms with Crippen molar-refractivity contribution in [3.63, 3.8) is 0 Å². The SMILES string of the molecule is CCCCCOc1ccc(/C=N\n2c(=S)[nH]nc(C(C)(C)C)c2=O)cc1OC. The molecule has 0 saturated carbocycles. The molecule has 2 rings (SSSR count). The summed E-state index contributed by atoms with van der Waals surface area (Å²) in [4.78, 5) is 12.7. The maximum absolute atomic E-state index is 12.7. The molecule has 0 aliphatic rings. The van der Waals surface area contributed by atoms with Crippen molar-refractivity contribution in [3.05, 3.63) is 44.6 Å². The van der Waals surface area contributed by atoms with E-state index in [0.29, 0.717) is 23.8 Å². The summed E-state index contributed by atoms with van der Waals surface area (Å²) in [5, 5.41) is 11.0. The molecule has 0 bridgehead atoms. The van der Waals surface area contributed by atoms with Crippen LogP contribution in [0.25, 0.3) is 0 Å². The van der Waals surface area contributed by atoms with Gasteiger partial charge in [0.25, 0.3) is 5.56 Å². The van der Waals surface area contributed by atoms with Crippen LogP contribution in [-0.2, 0) is 5.41 Å². The van der Waals surface area contributed by atoms with Crippen molar-refractivity contribution in [1.82, 2.24) is 14.9 Å². The molecule has 0 aliphatic heterocycles. The Labute approximate surface area is 170 Å². The average Bonchev–Trinajstić information content (AvgIpc) is 2.64. The highest BCUT2D eigenvalue weighted by atomic mass is 32.1. The van der Waals surface area contributed by atoms with Gasteiger partial charge in [0.05, 0.1) is 19.9 Å². The van der Waals surface area contributed by atoms with E-state index in [1.165, 1.54) is 0 Å². The number of nitrogens with zero attached hydrogens (tertiary/aromatic N) is 3. The molecule has 1 N–H and O–H groups in total. The van der Waals surface area contributed by atoms with Crippen LogP contribution in [0.2, 0.25) is 0 Å². The van der Waals surface area contributed by atoms with Crippen LogP contribution >= 0.6 is 12.2 Å². The topological polar surface area (TPSA) is 81.5 Å². The van der Waals surface area contributed by atoms with Gasteiger partial charge in [-0.25, -0.2) is 0 Å². The molecule has 1 aromatic heterocycles. The molecule has 28 heavy (non-hydrogen) atoms. The molecular weight excluding hydrogens is 376 g/mol. The van der Waals surface area contributed by atoms with Crippen LogP contribution in [-0.4, -0.2) is 34.8 Å². The molecule has 152 valence electrons. The van der Waals surface area contributed by atoms with Crippen LogP contribution in [0.15, 0.2) is 28.1 Å². The zero-order chi connectivity index (χ0) is 20.7. The average molecular weight is 405 g/mol. The number of hydrogen-bond donors (Lipinski definition) is 1. The third-order valence-corrected chi connectivity index (χ3v) is 4.34. The predicted molar refractivity (Wildman–Crippen MR) is 113 cm³/mol. The van der Waals surface area contributed by atoms with E-state index >= 15 is 0 Å². The Hall–Kier alpha value is -2.48. The summed E-state index contributed by atoms with van der Waals surface area (Å²) in [6.07, 6.45) is 4.83. The van der Waals surface area contributed by atoms with Gasteiger partial charge in [0.2, 0.25) is 4.77 Å². The van der Waals surface area contributed by atoms with Gasteiger partial charge in [0.1, 0.15) is 5.69 Å². The Morgan fingerprint density at radius 3 is 2.68 bits per heavy atom. The molecule has 0 radical (unpaired) electrons. The van der Waals surface area contributed by atoms with Crippen molar-refractivity contribution in [1.29, 1.82) is 0 Å². The number of hydrogen-bond acceptors (Lipinski definition) is 6. The molecule has 0 fully saturated rings. The Balaban J connectivity index is 2.27. The Morgan fingerprint density at radius 1 is 1.29 bits per heavy atom. The van der Waals surface area contributed by atoms with Crippen LogP contribution in [0.3, 0.4) is 0 Å². The van der Waals surface area contributed by atoms with Gasteiger partial charge in [-0.15, -0.1) is 0 Å². The maximum Gasteiger partial charge on any atom is 0.297 e. The van der Waals surface area contributed by atoms with Gasteiger partial charge in [-0.3, -0.25) is 9.89 Å². The molecule has 2 aromatic rings. The number of methoxy groups -OCH3 is 1. The summed E-state index contributed by atoms with van der Waals surface area (Å²) in [7, 11) is 1.59. The number of nitrogens with one attached hydrogen (secondary N) is 1. The van der Waals surface area contributed by atoms with Crippen molar-refractivity contribution in [3.8, 4) is 11.5 Å². The highest BCUT2D eigenvalue weighted by molar-refractivity contribution is 7.71. The van der Waals surface area contributed by atoms with Crippen LogP contribution in [0.1, 0.15) is 58.2 Å². The summed E-state index contributed by atoms with van der Waals surface area (Å²) in [6.45, 7) is 8.53. The lowest BCUT2D eigenvalue weighted by molar-refractivity contribution is 0.286. The summed E-state index contributed by atoms with van der Waals surface area (Å²) in [5.41, 5.74) is 0.364. The van der Waals surface area contributed by atoms with Gasteiger partial charge in [-0.05, 0) is 42.4 Å². The van der Waals surface area contributed by atoms with Crippen molar-refractivity contribution in [2.24, 2.45) is 5.10 Å². The highest BCUT2D eigenvalue weighted by Crippen LogP contribution is 2.27. The second kappa shape index (κ2) is 9.64. The van der Waals surface area contributed by atoms with Crippen molar-refractivity contribution < 1.29 is 9.47 Å². The normalized spacial score (nSPS) is 11.8. The first-order chi connectivity index (χ1) is 13.3. The van der Waals surface area contributed by atoms with Gasteiger partial charge in [0, 0.05) is 5.41 Å². The zero-order valence-electron chi connectivity index (χ0n) is 17.1. The largest absolute Gasteiger partial charge is 0.493 e. The van der Waals surface area contributed by atoms with Crippen LogP contribution in [0.4, 0.5) is 0 Å². The third-order valence-electron chi connectivity index (χ3n) is 4.08. The quantitative estimate of drug-likeness (QED) is 0.408. The van der Waals surface area contributed by atoms with Gasteiger partial charge < -0.3 is 9.47 Å². The number of unbranched alkanes of at least 4 members (excludes halogenated alkanes) is 2. The molecule has 0 spiro atoms. The number of benzene rings is 1. The smallest absolute Gasteiger partial charge is 0.297 e. The lowest BCUT2D eigenvalue weighted by Crippen LogP contribution is -2.32. The van der Waals surface area contributed by atoms with Crippen molar-refractivity contribution in [2.45, 2.75) is 52.4 Å². The van der Waals surface area contributed by atoms with Gasteiger partial charge in [-0.2, -0.15) is 14.9 Å². The Bertz CT molecular complexity index is 942. The lowest BCUT2D eigenvalue weighted by atomic mass is 9.93. The van der Waals surface area contributed by atoms with Crippen LogP contribution in [0, 0.1) is 4.77 Å². The van der Waals surface area contributed by atoms with Gasteiger partial charge in [-0.1, -0.05) is 40.5 Å². The fraction of sp³-hybridized carbons (Fsp3) is 0.500. The molecule has 8 heteroatoms. The summed E-state index contributed by atoms with van der Waals surface area (Å²) in [6, 6.07) is 5.50. The molecule has 0 unspecified atom stereocenters. The van der Waals surface area contributed by atoms with E-state index in [-0.39, 0.29) is 10.3 Å². The molecular formula is C20H28N4O3S. The minimum absolute atomic E-state index is 0.136. The molecule has 0 amide bonds. The summed E-state index contributed by atoms with van der Waals surface area (Å²) >= 11 is 5.16. The second-order valence-electron chi connectivity index (χ2n) is 7.45. The lowest BCUT2D eigenvalue weighted by Gasteiger charge is -2.16. The van der Waals surface area contributed by atoms with Crippen LogP contribution in [0.5, 0.6) is 11.5 Å². The number of H-pyrrole nitrogens is 1. The zero-order valence-corrected chi connectivity index (χ0v) is 17.9. The minimum atomic E-state index is -0.423. The third kappa shape index (κ3) is 5.51. The summed E-state index contributed by atoms with van der Waals surface area (Å²) in [5.74, 6) is 1.30. The maximum atomic E-state index is 12.7. The summed E-state index contributed by atoms with van der Waals surface area (Å²) < 4.78 is 12.5. The number of aromatic amines is 1. The van der Waals surface area contributed by atoms with Crippen molar-refractivity contribution in [2.75, 3.05) is 13.7 Å². The predicted octanol–water partition coefficient (Wildman–Crippen LogP) is 4.06. The molecule has 0 atom stereocenters. The fourth-order valence-corrected chi connectivity index (χ4v) is 2.70. The Kier molecular flexibility index (Phi) is 7.51. The van der Waals surface area contributed by atoms with Gasteiger partial charge >= 0.3 is 0 Å².